The molecule has 1 aromatic carbocycles. The Kier molecular flexibility index (Phi) is 1.67. The van der Waals surface area contributed by atoms with Crippen LogP contribution in [0.5, 0.6) is 11.5 Å². The highest BCUT2D eigenvalue weighted by molar-refractivity contribution is 5.74. The molecule has 0 aliphatic carbocycles. The molecule has 1 rings (SSSR count). The quantitative estimate of drug-likeness (QED) is 0.623. The second-order valence-corrected chi connectivity index (χ2v) is 2.29. The van der Waals surface area contributed by atoms with Gasteiger partial charge in [-0.05, 0) is 17.6 Å². The minimum Gasteiger partial charge on any atom is -0.504 e. The second-order valence-electron chi connectivity index (χ2n) is 2.29. The summed E-state index contributed by atoms with van der Waals surface area (Å²) in [6.45, 7) is 0. The Morgan fingerprint density at radius 3 is 2.86 bits per heavy atom. The highest BCUT2D eigenvalue weighted by Crippen LogP contribution is 2.28. The molecule has 1 unspecified atom stereocenters. The number of carboxylic acid groups (broad SMARTS) is 1. The molecule has 0 fully saturated rings. The molecule has 0 bridgehead atoms. The fraction of sp³-hybridized carbons (Fsp3) is 0.222. The van der Waals surface area contributed by atoms with E-state index in [0.717, 1.165) is 7.11 Å². The van der Waals surface area contributed by atoms with Gasteiger partial charge in [0.25, 0.3) is 0 Å². The summed E-state index contributed by atoms with van der Waals surface area (Å²) in [5.74, 6) is -3.40. The zero-order valence-corrected chi connectivity index (χ0v) is 7.16. The van der Waals surface area contributed by atoms with Gasteiger partial charge in [0.15, 0.2) is 17.6 Å². The zero-order chi connectivity index (χ0) is 14.2. The van der Waals surface area contributed by atoms with E-state index < -0.39 is 47.2 Å². The van der Waals surface area contributed by atoms with Crippen molar-refractivity contribution < 1.29 is 30.3 Å². The molecule has 0 saturated carbocycles. The van der Waals surface area contributed by atoms with Crippen LogP contribution in [0.25, 0.3) is 0 Å². The third-order valence-electron chi connectivity index (χ3n) is 1.40. The number of rotatable bonds is 3. The van der Waals surface area contributed by atoms with E-state index in [1.165, 1.54) is 0 Å². The van der Waals surface area contributed by atoms with E-state index in [0.29, 0.717) is 0 Å². The van der Waals surface area contributed by atoms with Crippen molar-refractivity contribution in [1.82, 2.24) is 0 Å². The number of phenols is 1. The van der Waals surface area contributed by atoms with Crippen LogP contribution in [-0.2, 0) is 4.79 Å². The van der Waals surface area contributed by atoms with Crippen molar-refractivity contribution in [2.75, 3.05) is 7.11 Å². The molecule has 14 heavy (non-hydrogen) atoms. The van der Waals surface area contributed by atoms with Crippen LogP contribution in [0.4, 0.5) is 0 Å². The number of aromatic hydroxyl groups is 1. The lowest BCUT2D eigenvalue weighted by Crippen LogP contribution is -2.10. The summed E-state index contributed by atoms with van der Waals surface area (Å²) < 4.78 is 34.2. The van der Waals surface area contributed by atoms with E-state index >= 15 is 0 Å². The molecule has 0 heterocycles. The Morgan fingerprint density at radius 1 is 1.71 bits per heavy atom. The van der Waals surface area contributed by atoms with Gasteiger partial charge >= 0.3 is 5.97 Å². The average Bonchev–Trinajstić information content (AvgIpc) is 2.26. The van der Waals surface area contributed by atoms with Crippen molar-refractivity contribution in [2.45, 2.75) is 6.08 Å². The molecular weight excluding hydrogens is 189 g/mol. The summed E-state index contributed by atoms with van der Waals surface area (Å²) in [7, 11) is 1.06. The monoisotopic (exact) mass is 203 g/mol. The molecule has 3 N–H and O–H groups in total. The van der Waals surface area contributed by atoms with E-state index in [2.05, 4.69) is 4.74 Å². The predicted octanol–water partition coefficient (Wildman–Crippen LogP) is 0.519. The molecule has 0 aliphatic heterocycles. The number of ether oxygens (including phenoxy) is 1. The lowest BCUT2D eigenvalue weighted by molar-refractivity contribution is -0.146. The van der Waals surface area contributed by atoms with E-state index in [-0.39, 0.29) is 0 Å². The summed E-state index contributed by atoms with van der Waals surface area (Å²) in [4.78, 5) is 10.8. The van der Waals surface area contributed by atoms with Gasteiger partial charge in [0.1, 0.15) is 0 Å². The first-order valence-electron chi connectivity index (χ1n) is 5.49. The molecule has 5 nitrogen and oxygen atoms in total. The fourth-order valence-electron chi connectivity index (χ4n) is 0.755. The third kappa shape index (κ3) is 1.94. The molecule has 1 aromatic rings. The first-order valence-corrected chi connectivity index (χ1v) is 3.49. The van der Waals surface area contributed by atoms with Crippen molar-refractivity contribution >= 4 is 5.97 Å². The number of hydrogen-bond donors (Lipinski definition) is 3. The second kappa shape index (κ2) is 3.97. The van der Waals surface area contributed by atoms with Gasteiger partial charge in [-0.2, -0.15) is 0 Å². The first kappa shape index (κ1) is 5.87. The smallest absolute Gasteiger partial charge is 0.337 e. The molecule has 76 valence electrons. The third-order valence-corrected chi connectivity index (χ3v) is 1.40. The number of carboxylic acids is 1. The van der Waals surface area contributed by atoms with Crippen molar-refractivity contribution in [3.8, 4) is 11.5 Å². The minimum atomic E-state index is -3.27. The van der Waals surface area contributed by atoms with E-state index in [9.17, 15) is 15.0 Å². The van der Waals surface area contributed by atoms with E-state index in [1.54, 1.807) is 0 Å². The predicted molar refractivity (Wildman–Crippen MR) is 47.3 cm³/mol. The lowest BCUT2D eigenvalue weighted by Gasteiger charge is -2.08. The summed E-state index contributed by atoms with van der Waals surface area (Å²) >= 11 is 0. The molecule has 0 spiro atoms. The number of carbonyl (C=O) groups is 1. The average molecular weight is 203 g/mol. The summed E-state index contributed by atoms with van der Waals surface area (Å²) in [6.07, 6.45) is -3.27. The normalized spacial score (nSPS) is 18.4. The summed E-state index contributed by atoms with van der Waals surface area (Å²) in [6, 6.07) is -2.57. The van der Waals surface area contributed by atoms with E-state index in [4.69, 9.17) is 10.6 Å². The van der Waals surface area contributed by atoms with Crippen LogP contribution in [-0.4, -0.2) is 28.4 Å². The molecule has 0 aromatic heterocycles. The van der Waals surface area contributed by atoms with Gasteiger partial charge in [-0.3, -0.25) is 0 Å². The Morgan fingerprint density at radius 2 is 2.36 bits per heavy atom. The van der Waals surface area contributed by atoms with Crippen LogP contribution in [0.1, 0.15) is 17.1 Å². The summed E-state index contributed by atoms with van der Waals surface area (Å²) in [5, 5.41) is 27.6. The van der Waals surface area contributed by atoms with Gasteiger partial charge in [0.05, 0.1) is 12.6 Å². The van der Waals surface area contributed by atoms with Gasteiger partial charge in [0, 0.05) is 0 Å². The summed E-state index contributed by atoms with van der Waals surface area (Å²) in [5.41, 5.74) is -0.936. The fourth-order valence-corrected chi connectivity index (χ4v) is 0.755. The van der Waals surface area contributed by atoms with Gasteiger partial charge in [-0.25, -0.2) is 4.79 Å². The Hall–Kier alpha value is -1.75. The SMILES string of the molecule is [2H]c1c([2H])c([13C]([2H])(O)C(=O)O)c([2H])c(OC)c1O. The van der Waals surface area contributed by atoms with Gasteiger partial charge in [-0.1, -0.05) is 6.04 Å². The number of methoxy groups -OCH3 is 1. The number of hydrogen-bond acceptors (Lipinski definition) is 4. The van der Waals surface area contributed by atoms with Crippen LogP contribution in [0.2, 0.25) is 0 Å². The van der Waals surface area contributed by atoms with Crippen LogP contribution in [0.15, 0.2) is 18.1 Å². The molecule has 0 amide bonds. The van der Waals surface area contributed by atoms with Crippen LogP contribution in [0.3, 0.4) is 0 Å². The highest BCUT2D eigenvalue weighted by atomic mass is 16.5. The van der Waals surface area contributed by atoms with Crippen LogP contribution >= 0.6 is 0 Å². The largest absolute Gasteiger partial charge is 0.504 e. The van der Waals surface area contributed by atoms with Crippen LogP contribution in [0, 0.1) is 0 Å². The van der Waals surface area contributed by atoms with Crippen molar-refractivity contribution in [2.24, 2.45) is 0 Å². The standard InChI is InChI=1S/C9H10O5/c1-14-7-4-5(2-3-6(7)10)8(11)9(12)13/h2-4,8,10-11H,1H3,(H,12,13)/i2D,3D,4D,8+1D. The Labute approximate surface area is 85.8 Å². The molecule has 5 heteroatoms. The number of benzene rings is 1. The molecular formula is C9H10O5. The van der Waals surface area contributed by atoms with Crippen molar-refractivity contribution in [3.05, 3.63) is 23.7 Å². The Balaban J connectivity index is 3.75. The number of aliphatic hydroxyl groups is 1. The first-order chi connectivity index (χ1) is 8.16. The van der Waals surface area contributed by atoms with Crippen molar-refractivity contribution in [3.63, 3.8) is 0 Å². The highest BCUT2D eigenvalue weighted by Gasteiger charge is 2.17. The number of phenolic OH excluding ortho intramolecular Hbond substituents is 1. The minimum absolute atomic E-state index is 0.571. The lowest BCUT2D eigenvalue weighted by atomic mass is 10.2. The maximum Gasteiger partial charge on any atom is 0.337 e. The Bertz CT molecular complexity index is 514. The van der Waals surface area contributed by atoms with Gasteiger partial charge < -0.3 is 20.1 Å². The molecule has 0 saturated heterocycles. The maximum absolute atomic E-state index is 10.8. The zero-order valence-electron chi connectivity index (χ0n) is 11.2. The van der Waals surface area contributed by atoms with Gasteiger partial charge in [0.2, 0.25) is 0 Å². The van der Waals surface area contributed by atoms with Crippen LogP contribution < -0.4 is 4.74 Å². The van der Waals surface area contributed by atoms with Gasteiger partial charge in [-0.15, -0.1) is 0 Å². The van der Waals surface area contributed by atoms with Crippen molar-refractivity contribution in [1.29, 1.82) is 0 Å². The molecule has 1 atom stereocenters. The molecule has 0 radical (unpaired) electrons. The molecule has 0 aliphatic rings. The topological polar surface area (TPSA) is 87.0 Å². The van der Waals surface area contributed by atoms with E-state index in [1.807, 2.05) is 0 Å². The number of aliphatic carboxylic acids is 1. The maximum atomic E-state index is 10.8.